The minimum Gasteiger partial charge on any atom is -0.493 e. The zero-order chi connectivity index (χ0) is 21.2. The maximum Gasteiger partial charge on any atom is 0.279 e. The molecule has 0 bridgehead atoms. The van der Waals surface area contributed by atoms with Crippen molar-refractivity contribution in [2.75, 3.05) is 13.7 Å². The molecule has 2 amide bonds. The molecule has 156 valence electrons. The Balaban J connectivity index is 1.82. The second-order valence-electron chi connectivity index (χ2n) is 6.58. The second-order valence-corrected chi connectivity index (χ2v) is 6.58. The highest BCUT2D eigenvalue weighted by molar-refractivity contribution is 5.85. The van der Waals surface area contributed by atoms with Gasteiger partial charge in [0.15, 0.2) is 24.2 Å². The minimum atomic E-state index is -0.835. The van der Waals surface area contributed by atoms with E-state index in [2.05, 4.69) is 24.7 Å². The summed E-state index contributed by atoms with van der Waals surface area (Å²) in [7, 11) is 1.52. The number of amides is 2. The second kappa shape index (κ2) is 10.9. The number of rotatable bonds is 9. The molecule has 7 nitrogen and oxygen atoms in total. The summed E-state index contributed by atoms with van der Waals surface area (Å²) in [6.07, 6.45) is 0.130. The normalized spacial score (nSPS) is 12.4. The number of ether oxygens (including phenoxy) is 3. The Morgan fingerprint density at radius 3 is 2.21 bits per heavy atom. The van der Waals surface area contributed by atoms with Gasteiger partial charge in [-0.25, -0.2) is 0 Å². The standard InChI is InChI=1S/C22H28N2O5/c1-5-15(2)17-10-6-7-11-18(17)28-14-21(25)23-24-22(26)16(3)29-20-13-9-8-12-19(20)27-4/h6-13,15-16H,5,14H2,1-4H3,(H,23,25)(H,24,26). The van der Waals surface area contributed by atoms with E-state index in [4.69, 9.17) is 14.2 Å². The molecule has 29 heavy (non-hydrogen) atoms. The van der Waals surface area contributed by atoms with E-state index in [1.807, 2.05) is 24.3 Å². The highest BCUT2D eigenvalue weighted by atomic mass is 16.5. The molecule has 2 N–H and O–H groups in total. The third-order valence-electron chi connectivity index (χ3n) is 4.49. The molecule has 0 radical (unpaired) electrons. The lowest BCUT2D eigenvalue weighted by Gasteiger charge is -2.17. The van der Waals surface area contributed by atoms with E-state index in [-0.39, 0.29) is 6.61 Å². The third kappa shape index (κ3) is 6.41. The SMILES string of the molecule is CCC(C)c1ccccc1OCC(=O)NNC(=O)C(C)Oc1ccccc1OC. The smallest absolute Gasteiger partial charge is 0.279 e. The molecule has 2 aromatic carbocycles. The van der Waals surface area contributed by atoms with E-state index in [0.29, 0.717) is 23.2 Å². The van der Waals surface area contributed by atoms with Crippen LogP contribution in [-0.4, -0.2) is 31.6 Å². The van der Waals surface area contributed by atoms with E-state index in [1.165, 1.54) is 7.11 Å². The summed E-state index contributed by atoms with van der Waals surface area (Å²) in [5.74, 6) is 0.975. The summed E-state index contributed by atoms with van der Waals surface area (Å²) in [6, 6.07) is 14.6. The molecule has 7 heteroatoms. The van der Waals surface area contributed by atoms with Crippen LogP contribution >= 0.6 is 0 Å². The summed E-state index contributed by atoms with van der Waals surface area (Å²) in [5, 5.41) is 0. The van der Waals surface area contributed by atoms with Crippen molar-refractivity contribution in [3.8, 4) is 17.2 Å². The fourth-order valence-corrected chi connectivity index (χ4v) is 2.61. The first-order valence-corrected chi connectivity index (χ1v) is 9.56. The molecule has 0 aliphatic rings. The Bertz CT molecular complexity index is 824. The van der Waals surface area contributed by atoms with Crippen LogP contribution in [0, 0.1) is 0 Å². The number of carbonyl (C=O) groups excluding carboxylic acids is 2. The number of hydrogen-bond acceptors (Lipinski definition) is 5. The zero-order valence-electron chi connectivity index (χ0n) is 17.2. The van der Waals surface area contributed by atoms with Crippen molar-refractivity contribution in [3.05, 3.63) is 54.1 Å². The van der Waals surface area contributed by atoms with E-state index < -0.39 is 17.9 Å². The van der Waals surface area contributed by atoms with Crippen molar-refractivity contribution in [2.24, 2.45) is 0 Å². The fraction of sp³-hybridized carbons (Fsp3) is 0.364. The van der Waals surface area contributed by atoms with Gasteiger partial charge in [-0.15, -0.1) is 0 Å². The van der Waals surface area contributed by atoms with Gasteiger partial charge in [0, 0.05) is 0 Å². The summed E-state index contributed by atoms with van der Waals surface area (Å²) >= 11 is 0. The topological polar surface area (TPSA) is 85.9 Å². The van der Waals surface area contributed by atoms with Gasteiger partial charge in [0.25, 0.3) is 11.8 Å². The molecule has 2 unspecified atom stereocenters. The van der Waals surface area contributed by atoms with Gasteiger partial charge in [-0.2, -0.15) is 0 Å². The lowest BCUT2D eigenvalue weighted by molar-refractivity contribution is -0.133. The number of benzene rings is 2. The molecule has 0 heterocycles. The van der Waals surface area contributed by atoms with Crippen LogP contribution in [0.1, 0.15) is 38.7 Å². The van der Waals surface area contributed by atoms with Gasteiger partial charge >= 0.3 is 0 Å². The Kier molecular flexibility index (Phi) is 8.33. The van der Waals surface area contributed by atoms with Gasteiger partial charge in [-0.3, -0.25) is 20.4 Å². The maximum atomic E-state index is 12.2. The van der Waals surface area contributed by atoms with Gasteiger partial charge in [0.2, 0.25) is 0 Å². The van der Waals surface area contributed by atoms with E-state index >= 15 is 0 Å². The Labute approximate surface area is 171 Å². The molecule has 2 rings (SSSR count). The number of carbonyl (C=O) groups is 2. The molecule has 0 aliphatic heterocycles. The maximum absolute atomic E-state index is 12.2. The number of nitrogens with one attached hydrogen (secondary N) is 2. The molecule has 0 aromatic heterocycles. The molecule has 2 aromatic rings. The van der Waals surface area contributed by atoms with Crippen molar-refractivity contribution in [3.63, 3.8) is 0 Å². The number of methoxy groups -OCH3 is 1. The Hall–Kier alpha value is -3.22. The predicted octanol–water partition coefficient (Wildman–Crippen LogP) is 3.20. The van der Waals surface area contributed by atoms with Crippen molar-refractivity contribution in [1.29, 1.82) is 0 Å². The minimum absolute atomic E-state index is 0.213. The molecule has 0 saturated carbocycles. The first kappa shape index (κ1) is 22.1. The van der Waals surface area contributed by atoms with Crippen molar-refractivity contribution < 1.29 is 23.8 Å². The molecule has 0 saturated heterocycles. The summed E-state index contributed by atoms with van der Waals surface area (Å²) < 4.78 is 16.4. The Morgan fingerprint density at radius 2 is 1.55 bits per heavy atom. The lowest BCUT2D eigenvalue weighted by atomic mass is 9.98. The molecular weight excluding hydrogens is 372 g/mol. The van der Waals surface area contributed by atoms with Crippen LogP contribution in [0.15, 0.2) is 48.5 Å². The average molecular weight is 400 g/mol. The summed E-state index contributed by atoms with van der Waals surface area (Å²) in [5.41, 5.74) is 5.72. The average Bonchev–Trinajstić information content (AvgIpc) is 2.75. The molecule has 0 fully saturated rings. The third-order valence-corrected chi connectivity index (χ3v) is 4.49. The van der Waals surface area contributed by atoms with Crippen LogP contribution in [0.25, 0.3) is 0 Å². The first-order valence-electron chi connectivity index (χ1n) is 9.56. The van der Waals surface area contributed by atoms with Crippen LogP contribution in [-0.2, 0) is 9.59 Å². The zero-order valence-corrected chi connectivity index (χ0v) is 17.2. The van der Waals surface area contributed by atoms with Crippen molar-refractivity contribution in [1.82, 2.24) is 10.9 Å². The number of para-hydroxylation sites is 3. The van der Waals surface area contributed by atoms with Crippen molar-refractivity contribution >= 4 is 11.8 Å². The quantitative estimate of drug-likeness (QED) is 0.632. The number of hydrazine groups is 1. The van der Waals surface area contributed by atoms with Crippen LogP contribution < -0.4 is 25.1 Å². The van der Waals surface area contributed by atoms with Gasteiger partial charge in [-0.1, -0.05) is 44.2 Å². The largest absolute Gasteiger partial charge is 0.493 e. The molecule has 2 atom stereocenters. The first-order chi connectivity index (χ1) is 14.0. The lowest BCUT2D eigenvalue weighted by Crippen LogP contribution is -2.48. The summed E-state index contributed by atoms with van der Waals surface area (Å²) in [6.45, 7) is 5.56. The van der Waals surface area contributed by atoms with Gasteiger partial charge < -0.3 is 14.2 Å². The predicted molar refractivity (Wildman–Crippen MR) is 110 cm³/mol. The van der Waals surface area contributed by atoms with E-state index in [9.17, 15) is 9.59 Å². The monoisotopic (exact) mass is 400 g/mol. The molecule has 0 spiro atoms. The van der Waals surface area contributed by atoms with E-state index in [0.717, 1.165) is 12.0 Å². The fourth-order valence-electron chi connectivity index (χ4n) is 2.61. The summed E-state index contributed by atoms with van der Waals surface area (Å²) in [4.78, 5) is 24.2. The van der Waals surface area contributed by atoms with Gasteiger partial charge in [0.05, 0.1) is 7.11 Å². The highest BCUT2D eigenvalue weighted by Gasteiger charge is 2.17. The van der Waals surface area contributed by atoms with E-state index in [1.54, 1.807) is 31.2 Å². The molecule has 0 aliphatic carbocycles. The van der Waals surface area contributed by atoms with Crippen molar-refractivity contribution in [2.45, 2.75) is 39.2 Å². The van der Waals surface area contributed by atoms with Crippen LogP contribution in [0.3, 0.4) is 0 Å². The highest BCUT2D eigenvalue weighted by Crippen LogP contribution is 2.28. The van der Waals surface area contributed by atoms with Gasteiger partial charge in [-0.05, 0) is 43.0 Å². The van der Waals surface area contributed by atoms with Crippen LogP contribution in [0.5, 0.6) is 17.2 Å². The Morgan fingerprint density at radius 1 is 0.931 bits per heavy atom. The van der Waals surface area contributed by atoms with Crippen LogP contribution in [0.2, 0.25) is 0 Å². The molecular formula is C22H28N2O5. The number of hydrogen-bond donors (Lipinski definition) is 2. The van der Waals surface area contributed by atoms with Gasteiger partial charge in [0.1, 0.15) is 5.75 Å². The van der Waals surface area contributed by atoms with Crippen LogP contribution in [0.4, 0.5) is 0 Å².